The number of rotatable bonds is 1. The molecule has 0 saturated heterocycles. The molecule has 0 fully saturated rings. The van der Waals surface area contributed by atoms with Gasteiger partial charge in [0.25, 0.3) is 0 Å². The van der Waals surface area contributed by atoms with E-state index in [0.29, 0.717) is 0 Å². The number of benzene rings is 1. The lowest BCUT2D eigenvalue weighted by Crippen LogP contribution is -2.18. The number of hydrogen-bond donors (Lipinski definition) is 1. The Morgan fingerprint density at radius 2 is 1.59 bits per heavy atom. The van der Waals surface area contributed by atoms with Crippen molar-refractivity contribution in [2.24, 2.45) is 0 Å². The summed E-state index contributed by atoms with van der Waals surface area (Å²) in [4.78, 5) is 23.7. The molecule has 0 heterocycles. The number of carbonyl (C=O) groups excluding carboxylic acids is 2. The van der Waals surface area contributed by atoms with Gasteiger partial charge in [0.1, 0.15) is 21.6 Å². The summed E-state index contributed by atoms with van der Waals surface area (Å²) in [5.41, 5.74) is -0.240. The van der Waals surface area contributed by atoms with E-state index < -0.39 is 16.6 Å². The smallest absolute Gasteiger partial charge is 0.210 e. The molecule has 6 heteroatoms. The lowest BCUT2D eigenvalue weighted by atomic mass is 9.92. The average Bonchev–Trinajstić information content (AvgIpc) is 2.33. The van der Waals surface area contributed by atoms with Crippen molar-refractivity contribution in [3.63, 3.8) is 0 Å². The number of phenols is 1. The Labute approximate surface area is 106 Å². The molecule has 17 heavy (non-hydrogen) atoms. The van der Waals surface area contributed by atoms with E-state index in [-0.39, 0.29) is 27.7 Å². The molecule has 0 radical (unpaired) electrons. The number of ketones is 2. The van der Waals surface area contributed by atoms with Crippen LogP contribution in [0.1, 0.15) is 20.7 Å². The Kier molecular flexibility index (Phi) is 2.85. The average molecular weight is 273 g/mol. The van der Waals surface area contributed by atoms with Gasteiger partial charge in [0, 0.05) is 0 Å². The third kappa shape index (κ3) is 1.61. The van der Waals surface area contributed by atoms with Gasteiger partial charge in [0.2, 0.25) is 11.6 Å². The van der Waals surface area contributed by atoms with Crippen LogP contribution in [0.3, 0.4) is 0 Å². The molecule has 4 nitrogen and oxygen atoms in total. The van der Waals surface area contributed by atoms with Crippen LogP contribution in [-0.2, 0) is 0 Å². The fraction of sp³-hybridized carbons (Fsp3) is 0.0909. The number of carbonyl (C=O) groups is 2. The van der Waals surface area contributed by atoms with Crippen molar-refractivity contribution in [2.75, 3.05) is 7.11 Å². The van der Waals surface area contributed by atoms with Gasteiger partial charge in [-0.15, -0.1) is 0 Å². The molecule has 1 aliphatic carbocycles. The van der Waals surface area contributed by atoms with Crippen molar-refractivity contribution in [1.82, 2.24) is 0 Å². The molecule has 0 unspecified atom stereocenters. The number of Topliss-reactive ketones (excluding diaryl/α,β-unsaturated/α-hetero) is 2. The van der Waals surface area contributed by atoms with Crippen LogP contribution in [0.15, 0.2) is 22.2 Å². The van der Waals surface area contributed by atoms with Crippen molar-refractivity contribution in [2.45, 2.75) is 0 Å². The second-order valence-corrected chi connectivity index (χ2v) is 4.08. The van der Waals surface area contributed by atoms with E-state index in [0.717, 1.165) is 0 Å². The molecule has 0 atom stereocenters. The summed E-state index contributed by atoms with van der Waals surface area (Å²) in [7, 11) is 1.35. The first-order valence-corrected chi connectivity index (χ1v) is 5.29. The van der Waals surface area contributed by atoms with Crippen LogP contribution in [0.2, 0.25) is 0 Å². The predicted octanol–water partition coefficient (Wildman–Crippen LogP) is 2.47. The molecule has 0 spiro atoms. The summed E-state index contributed by atoms with van der Waals surface area (Å²) < 4.78 is 4.96. The third-order valence-corrected chi connectivity index (χ3v) is 3.23. The maximum absolute atomic E-state index is 11.9. The first-order chi connectivity index (χ1) is 7.99. The minimum atomic E-state index is -0.692. The summed E-state index contributed by atoms with van der Waals surface area (Å²) in [6.45, 7) is 0. The third-order valence-electron chi connectivity index (χ3n) is 2.41. The zero-order valence-corrected chi connectivity index (χ0v) is 10.1. The van der Waals surface area contributed by atoms with Gasteiger partial charge < -0.3 is 9.84 Å². The molecular formula is C11H6Cl2O4. The van der Waals surface area contributed by atoms with E-state index in [9.17, 15) is 14.7 Å². The maximum atomic E-state index is 11.9. The summed E-state index contributed by atoms with van der Waals surface area (Å²) >= 11 is 11.3. The highest BCUT2D eigenvalue weighted by atomic mass is 35.5. The van der Waals surface area contributed by atoms with Crippen LogP contribution in [0.4, 0.5) is 0 Å². The number of phenolic OH excluding ortho intramolecular Hbond substituents is 1. The first-order valence-electron chi connectivity index (χ1n) is 4.53. The second kappa shape index (κ2) is 4.05. The van der Waals surface area contributed by atoms with Crippen molar-refractivity contribution >= 4 is 34.8 Å². The van der Waals surface area contributed by atoms with Gasteiger partial charge >= 0.3 is 0 Å². The van der Waals surface area contributed by atoms with Gasteiger partial charge in [-0.05, 0) is 12.1 Å². The van der Waals surface area contributed by atoms with Crippen LogP contribution in [0.25, 0.3) is 0 Å². The van der Waals surface area contributed by atoms with Crippen molar-refractivity contribution in [3.8, 4) is 11.5 Å². The predicted molar refractivity (Wildman–Crippen MR) is 62.1 cm³/mol. The van der Waals surface area contributed by atoms with Crippen molar-refractivity contribution in [3.05, 3.63) is 33.3 Å². The van der Waals surface area contributed by atoms with Crippen LogP contribution >= 0.6 is 23.2 Å². The van der Waals surface area contributed by atoms with Gasteiger partial charge in [-0.1, -0.05) is 23.2 Å². The van der Waals surface area contributed by atoms with Crippen LogP contribution in [0.5, 0.6) is 11.5 Å². The highest BCUT2D eigenvalue weighted by Crippen LogP contribution is 2.39. The second-order valence-electron chi connectivity index (χ2n) is 3.32. The fourth-order valence-corrected chi connectivity index (χ4v) is 1.98. The fourth-order valence-electron chi connectivity index (χ4n) is 1.62. The lowest BCUT2D eigenvalue weighted by molar-refractivity contribution is 0.0982. The first kappa shape index (κ1) is 12.0. The van der Waals surface area contributed by atoms with E-state index in [1.807, 2.05) is 0 Å². The van der Waals surface area contributed by atoms with Crippen molar-refractivity contribution < 1.29 is 19.4 Å². The molecule has 0 amide bonds. The number of aromatic hydroxyl groups is 1. The molecular weight excluding hydrogens is 267 g/mol. The SMILES string of the molecule is COc1ccc(O)c2c1C(=O)C(Cl)=C(Cl)C2=O. The Hall–Kier alpha value is -1.52. The van der Waals surface area contributed by atoms with E-state index in [1.165, 1.54) is 19.2 Å². The molecule has 0 aromatic heterocycles. The van der Waals surface area contributed by atoms with E-state index in [4.69, 9.17) is 27.9 Å². The number of ether oxygens (including phenoxy) is 1. The molecule has 1 aromatic rings. The van der Waals surface area contributed by atoms with Gasteiger partial charge in [0.05, 0.1) is 18.2 Å². The molecule has 0 aliphatic heterocycles. The molecule has 1 aromatic carbocycles. The summed E-state index contributed by atoms with van der Waals surface area (Å²) in [6.07, 6.45) is 0. The quantitative estimate of drug-likeness (QED) is 0.853. The van der Waals surface area contributed by atoms with Crippen LogP contribution in [0, 0.1) is 0 Å². The molecule has 2 rings (SSSR count). The standard InChI is InChI=1S/C11H6Cl2O4/c1-17-5-3-2-4(14)6-7(5)11(16)9(13)8(12)10(6)15/h2-3,14H,1H3. The van der Waals surface area contributed by atoms with E-state index in [1.54, 1.807) is 0 Å². The Morgan fingerprint density at radius 3 is 2.12 bits per heavy atom. The van der Waals surface area contributed by atoms with Gasteiger partial charge in [-0.25, -0.2) is 0 Å². The van der Waals surface area contributed by atoms with Crippen LogP contribution in [-0.4, -0.2) is 23.8 Å². The number of hydrogen-bond acceptors (Lipinski definition) is 4. The highest BCUT2D eigenvalue weighted by molar-refractivity contribution is 6.59. The lowest BCUT2D eigenvalue weighted by Gasteiger charge is -2.17. The minimum absolute atomic E-state index is 0.0631. The largest absolute Gasteiger partial charge is 0.507 e. The highest BCUT2D eigenvalue weighted by Gasteiger charge is 2.35. The molecule has 1 N–H and O–H groups in total. The van der Waals surface area contributed by atoms with Crippen LogP contribution < -0.4 is 4.74 Å². The Bertz CT molecular complexity index is 575. The number of methoxy groups -OCH3 is 1. The molecule has 88 valence electrons. The normalized spacial score (nSPS) is 15.0. The summed E-state index contributed by atoms with van der Waals surface area (Å²) in [5, 5.41) is 8.85. The molecule has 0 bridgehead atoms. The Balaban J connectivity index is 2.83. The van der Waals surface area contributed by atoms with E-state index >= 15 is 0 Å². The number of allylic oxidation sites excluding steroid dienone is 2. The topological polar surface area (TPSA) is 63.6 Å². The summed E-state index contributed by atoms with van der Waals surface area (Å²) in [6, 6.07) is 2.63. The maximum Gasteiger partial charge on any atom is 0.210 e. The van der Waals surface area contributed by atoms with E-state index in [2.05, 4.69) is 0 Å². The number of halogens is 2. The number of fused-ring (bicyclic) bond motifs is 1. The Morgan fingerprint density at radius 1 is 1.06 bits per heavy atom. The monoisotopic (exact) mass is 272 g/mol. The van der Waals surface area contributed by atoms with Crippen molar-refractivity contribution in [1.29, 1.82) is 0 Å². The zero-order valence-electron chi connectivity index (χ0n) is 8.58. The van der Waals surface area contributed by atoms with Gasteiger partial charge in [-0.2, -0.15) is 0 Å². The minimum Gasteiger partial charge on any atom is -0.507 e. The van der Waals surface area contributed by atoms with Gasteiger partial charge in [-0.3, -0.25) is 9.59 Å². The summed E-state index contributed by atoms with van der Waals surface area (Å²) in [5.74, 6) is -1.50. The molecule has 0 saturated carbocycles. The molecule has 1 aliphatic rings. The van der Waals surface area contributed by atoms with Gasteiger partial charge in [0.15, 0.2) is 0 Å². The zero-order chi connectivity index (χ0) is 12.7.